The van der Waals surface area contributed by atoms with Crippen molar-refractivity contribution in [1.82, 2.24) is 5.32 Å². The van der Waals surface area contributed by atoms with Gasteiger partial charge in [-0.25, -0.2) is 0 Å². The Hall–Kier alpha value is -0.850. The van der Waals surface area contributed by atoms with Crippen molar-refractivity contribution >= 4 is 31.2 Å². The summed E-state index contributed by atoms with van der Waals surface area (Å²) in [5.41, 5.74) is 7.74. The molecule has 6 heteroatoms. The van der Waals surface area contributed by atoms with Crippen molar-refractivity contribution in [3.8, 4) is 5.75 Å². The quantitative estimate of drug-likeness (QED) is 0.364. The van der Waals surface area contributed by atoms with E-state index in [9.17, 15) is 4.79 Å². The highest BCUT2D eigenvalue weighted by molar-refractivity contribution is 7.79. The Morgan fingerprint density at radius 2 is 2.00 bits per heavy atom. The molecule has 0 unspecified atom stereocenters. The fourth-order valence-corrected chi connectivity index (χ4v) is 2.84. The summed E-state index contributed by atoms with van der Waals surface area (Å²) in [6.07, 6.45) is 2.84. The van der Waals surface area contributed by atoms with Gasteiger partial charge in [-0.15, -0.1) is 0 Å². The number of hydrogen-bond donors (Lipinski definition) is 4. The molecule has 0 bridgehead atoms. The molecule has 130 valence electrons. The number of rotatable bonds is 11. The largest absolute Gasteiger partial charge is 0.492 e. The Morgan fingerprint density at radius 3 is 2.65 bits per heavy atom. The van der Waals surface area contributed by atoms with Gasteiger partial charge in [0.2, 0.25) is 5.91 Å². The fraction of sp³-hybridized carbons (Fsp3) is 0.588. The molecule has 1 aromatic carbocycles. The average molecular weight is 357 g/mol. The van der Waals surface area contributed by atoms with Gasteiger partial charge in [-0.2, -0.15) is 25.3 Å². The summed E-state index contributed by atoms with van der Waals surface area (Å²) in [4.78, 5) is 11.9. The molecule has 0 aliphatic rings. The van der Waals surface area contributed by atoms with Gasteiger partial charge in [0, 0.05) is 17.4 Å². The van der Waals surface area contributed by atoms with Crippen molar-refractivity contribution < 1.29 is 9.53 Å². The maximum absolute atomic E-state index is 11.9. The maximum atomic E-state index is 11.9. The zero-order valence-corrected chi connectivity index (χ0v) is 15.5. The van der Waals surface area contributed by atoms with Gasteiger partial charge < -0.3 is 15.8 Å². The summed E-state index contributed by atoms with van der Waals surface area (Å²) in [5.74, 6) is 2.24. The molecule has 1 rings (SSSR count). The number of unbranched alkanes of at least 4 members (excludes halogenated alkanes) is 1. The van der Waals surface area contributed by atoms with Gasteiger partial charge in [-0.3, -0.25) is 4.79 Å². The van der Waals surface area contributed by atoms with Crippen molar-refractivity contribution in [2.45, 2.75) is 37.7 Å². The predicted molar refractivity (Wildman–Crippen MR) is 102 cm³/mol. The summed E-state index contributed by atoms with van der Waals surface area (Å²) in [7, 11) is 0. The van der Waals surface area contributed by atoms with Gasteiger partial charge in [0.15, 0.2) is 0 Å². The summed E-state index contributed by atoms with van der Waals surface area (Å²) in [5, 5.41) is 2.91. The normalized spacial score (nSPS) is 12.0. The van der Waals surface area contributed by atoms with Crippen LogP contribution in [0, 0.1) is 5.92 Å². The first kappa shape index (κ1) is 20.2. The van der Waals surface area contributed by atoms with Crippen LogP contribution in [0.5, 0.6) is 5.75 Å². The standard InChI is InChI=1S/C17H28N2O2S2/c1-13(4-2-3-7-18)17(20)19-8-9-21-16-6-5-14(11-22)15(10-16)12-23/h5-6,10,13,22-23H,2-4,7-9,11-12,18H2,1H3,(H,19,20)/t13-/m1/s1. The second-order valence-corrected chi connectivity index (χ2v) is 6.20. The van der Waals surface area contributed by atoms with E-state index in [-0.39, 0.29) is 11.8 Å². The van der Waals surface area contributed by atoms with Gasteiger partial charge in [-0.05, 0) is 42.6 Å². The molecule has 0 spiro atoms. The minimum atomic E-state index is 0.0204. The molecule has 0 aromatic heterocycles. The highest BCUT2D eigenvalue weighted by Gasteiger charge is 2.11. The molecule has 0 heterocycles. The second kappa shape index (κ2) is 11.6. The number of ether oxygens (including phenoxy) is 1. The van der Waals surface area contributed by atoms with Crippen LogP contribution in [0.1, 0.15) is 37.3 Å². The first-order chi connectivity index (χ1) is 11.1. The lowest BCUT2D eigenvalue weighted by molar-refractivity contribution is -0.124. The van der Waals surface area contributed by atoms with Crippen LogP contribution in [-0.2, 0) is 16.3 Å². The van der Waals surface area contributed by atoms with Crippen molar-refractivity contribution in [3.63, 3.8) is 0 Å². The molecule has 0 fully saturated rings. The van der Waals surface area contributed by atoms with Crippen molar-refractivity contribution in [2.24, 2.45) is 11.7 Å². The predicted octanol–water partition coefficient (Wildman–Crippen LogP) is 2.81. The van der Waals surface area contributed by atoms with E-state index in [1.165, 1.54) is 0 Å². The molecule has 1 atom stereocenters. The lowest BCUT2D eigenvalue weighted by Gasteiger charge is -2.13. The van der Waals surface area contributed by atoms with Crippen LogP contribution < -0.4 is 15.8 Å². The molecule has 1 aromatic rings. The zero-order chi connectivity index (χ0) is 17.1. The SMILES string of the molecule is C[C@H](CCCCN)C(=O)NCCOc1ccc(CS)c(CS)c1. The number of carbonyl (C=O) groups is 1. The Balaban J connectivity index is 2.30. The van der Waals surface area contributed by atoms with E-state index in [0.717, 1.165) is 36.1 Å². The molecule has 3 N–H and O–H groups in total. The Morgan fingerprint density at radius 1 is 1.26 bits per heavy atom. The van der Waals surface area contributed by atoms with Crippen molar-refractivity contribution in [3.05, 3.63) is 29.3 Å². The van der Waals surface area contributed by atoms with Crippen LogP contribution in [0.4, 0.5) is 0 Å². The maximum Gasteiger partial charge on any atom is 0.222 e. The Kier molecular flexibility index (Phi) is 10.2. The van der Waals surface area contributed by atoms with Crippen LogP contribution in [0.2, 0.25) is 0 Å². The average Bonchev–Trinajstić information content (AvgIpc) is 2.58. The van der Waals surface area contributed by atoms with Gasteiger partial charge in [0.25, 0.3) is 0 Å². The number of amides is 1. The van der Waals surface area contributed by atoms with Crippen molar-refractivity contribution in [1.29, 1.82) is 0 Å². The highest BCUT2D eigenvalue weighted by atomic mass is 32.1. The zero-order valence-electron chi connectivity index (χ0n) is 13.8. The van der Waals surface area contributed by atoms with Crippen LogP contribution in [-0.4, -0.2) is 25.6 Å². The fourth-order valence-electron chi connectivity index (χ4n) is 2.24. The second-order valence-electron chi connectivity index (χ2n) is 5.57. The first-order valence-electron chi connectivity index (χ1n) is 8.06. The molecule has 0 aliphatic carbocycles. The summed E-state index contributed by atoms with van der Waals surface area (Å²) in [6.45, 7) is 3.59. The van der Waals surface area contributed by atoms with Gasteiger partial charge in [0.05, 0.1) is 6.54 Å². The molecule has 0 saturated carbocycles. The van der Waals surface area contributed by atoms with Crippen LogP contribution in [0.15, 0.2) is 18.2 Å². The van der Waals surface area contributed by atoms with Crippen LogP contribution >= 0.6 is 25.3 Å². The monoisotopic (exact) mass is 356 g/mol. The molecular formula is C17H28N2O2S2. The number of thiol groups is 2. The van der Waals surface area contributed by atoms with Crippen LogP contribution in [0.25, 0.3) is 0 Å². The third-order valence-electron chi connectivity index (χ3n) is 3.73. The first-order valence-corrected chi connectivity index (χ1v) is 9.33. The van der Waals surface area contributed by atoms with E-state index in [4.69, 9.17) is 10.5 Å². The van der Waals surface area contributed by atoms with E-state index >= 15 is 0 Å². The highest BCUT2D eigenvalue weighted by Crippen LogP contribution is 2.20. The van der Waals surface area contributed by atoms with E-state index in [2.05, 4.69) is 30.6 Å². The van der Waals surface area contributed by atoms with Gasteiger partial charge in [0.1, 0.15) is 12.4 Å². The van der Waals surface area contributed by atoms with E-state index in [0.29, 0.717) is 31.2 Å². The molecule has 0 saturated heterocycles. The lowest BCUT2D eigenvalue weighted by atomic mass is 10.0. The third kappa shape index (κ3) is 7.50. The number of hydrogen-bond acceptors (Lipinski definition) is 5. The summed E-state index contributed by atoms with van der Waals surface area (Å²) in [6, 6.07) is 5.91. The summed E-state index contributed by atoms with van der Waals surface area (Å²) >= 11 is 8.62. The van der Waals surface area contributed by atoms with E-state index in [1.54, 1.807) is 0 Å². The molecule has 4 nitrogen and oxygen atoms in total. The Labute approximate surface area is 150 Å². The smallest absolute Gasteiger partial charge is 0.222 e. The topological polar surface area (TPSA) is 64.4 Å². The van der Waals surface area contributed by atoms with Gasteiger partial charge >= 0.3 is 0 Å². The van der Waals surface area contributed by atoms with Crippen molar-refractivity contribution in [2.75, 3.05) is 19.7 Å². The number of nitrogens with one attached hydrogen (secondary N) is 1. The number of benzene rings is 1. The third-order valence-corrected chi connectivity index (χ3v) is 4.41. The number of nitrogens with two attached hydrogens (primary N) is 1. The number of carbonyl (C=O) groups excluding carboxylic acids is 1. The molecule has 1 amide bonds. The molecule has 0 radical (unpaired) electrons. The Bertz CT molecular complexity index is 484. The summed E-state index contributed by atoms with van der Waals surface area (Å²) < 4.78 is 5.69. The minimum absolute atomic E-state index is 0.0204. The lowest BCUT2D eigenvalue weighted by Crippen LogP contribution is -2.32. The van der Waals surface area contributed by atoms with Crippen LogP contribution in [0.3, 0.4) is 0 Å². The molecular weight excluding hydrogens is 328 g/mol. The van der Waals surface area contributed by atoms with Gasteiger partial charge in [-0.1, -0.05) is 19.4 Å². The van der Waals surface area contributed by atoms with E-state index < -0.39 is 0 Å². The molecule has 0 aliphatic heterocycles. The van der Waals surface area contributed by atoms with E-state index in [1.807, 2.05) is 25.1 Å². The minimum Gasteiger partial charge on any atom is -0.492 e. The molecule has 23 heavy (non-hydrogen) atoms.